The van der Waals surface area contributed by atoms with E-state index in [2.05, 4.69) is 37.6 Å². The molecule has 3 rings (SSSR count). The fourth-order valence-electron chi connectivity index (χ4n) is 3.44. The molecule has 1 aliphatic rings. The van der Waals surface area contributed by atoms with Crippen molar-refractivity contribution in [1.82, 2.24) is 25.3 Å². The topological polar surface area (TPSA) is 90.5 Å². The molecule has 1 fully saturated rings. The standard InChI is InChI=1S/C21H30N6O2S/c1-3-10-26-12-14-27(15-13-26)11-4-9-22-19(28)17-5-7-18(8-6-17)23-20(29)21-25-24-16(2)30-21/h5-8H,3-4,9-15H2,1-2H3,(H,22,28)(H,23,29). The van der Waals surface area contributed by atoms with Crippen LogP contribution in [0.4, 0.5) is 5.69 Å². The molecule has 8 nitrogen and oxygen atoms in total. The number of anilines is 1. The van der Waals surface area contributed by atoms with Crippen LogP contribution in [-0.2, 0) is 0 Å². The number of rotatable bonds is 9. The van der Waals surface area contributed by atoms with Crippen molar-refractivity contribution in [3.8, 4) is 0 Å². The van der Waals surface area contributed by atoms with E-state index in [4.69, 9.17) is 0 Å². The Morgan fingerprint density at radius 2 is 1.67 bits per heavy atom. The molecule has 162 valence electrons. The molecule has 2 N–H and O–H groups in total. The van der Waals surface area contributed by atoms with E-state index in [0.717, 1.165) is 44.2 Å². The fourth-order valence-corrected chi connectivity index (χ4v) is 4.02. The van der Waals surface area contributed by atoms with Crippen LogP contribution in [0, 0.1) is 6.92 Å². The number of nitrogens with one attached hydrogen (secondary N) is 2. The van der Waals surface area contributed by atoms with Crippen molar-refractivity contribution in [1.29, 1.82) is 0 Å². The van der Waals surface area contributed by atoms with Gasteiger partial charge in [0, 0.05) is 44.0 Å². The maximum absolute atomic E-state index is 12.3. The third kappa shape index (κ3) is 6.58. The lowest BCUT2D eigenvalue weighted by molar-refractivity contribution is 0.0947. The van der Waals surface area contributed by atoms with Gasteiger partial charge in [0.2, 0.25) is 5.01 Å². The van der Waals surface area contributed by atoms with Crippen LogP contribution in [-0.4, -0.2) is 77.6 Å². The Kier molecular flexibility index (Phi) is 8.30. The number of hydrogen-bond donors (Lipinski definition) is 2. The van der Waals surface area contributed by atoms with Gasteiger partial charge in [0.05, 0.1) is 0 Å². The summed E-state index contributed by atoms with van der Waals surface area (Å²) in [6.07, 6.45) is 2.15. The lowest BCUT2D eigenvalue weighted by Gasteiger charge is -2.34. The van der Waals surface area contributed by atoms with Crippen LogP contribution in [0.3, 0.4) is 0 Å². The van der Waals surface area contributed by atoms with Crippen molar-refractivity contribution < 1.29 is 9.59 Å². The molecule has 1 saturated heterocycles. The first kappa shape index (κ1) is 22.3. The van der Waals surface area contributed by atoms with Gasteiger partial charge in [-0.1, -0.05) is 18.3 Å². The average molecular weight is 431 g/mol. The van der Waals surface area contributed by atoms with Crippen LogP contribution in [0.15, 0.2) is 24.3 Å². The van der Waals surface area contributed by atoms with Crippen molar-refractivity contribution in [3.05, 3.63) is 39.8 Å². The quantitative estimate of drug-likeness (QED) is 0.593. The van der Waals surface area contributed by atoms with E-state index >= 15 is 0 Å². The summed E-state index contributed by atoms with van der Waals surface area (Å²) in [5.41, 5.74) is 1.19. The van der Waals surface area contributed by atoms with Crippen LogP contribution in [0.1, 0.15) is 44.9 Å². The second-order valence-electron chi connectivity index (χ2n) is 7.45. The number of benzene rings is 1. The molecule has 0 bridgehead atoms. The van der Waals surface area contributed by atoms with Gasteiger partial charge < -0.3 is 20.4 Å². The summed E-state index contributed by atoms with van der Waals surface area (Å²) in [5.74, 6) is -0.395. The first-order valence-electron chi connectivity index (χ1n) is 10.5. The molecular formula is C21H30N6O2S. The molecule has 0 aliphatic carbocycles. The Morgan fingerprint density at radius 1 is 1.00 bits per heavy atom. The molecular weight excluding hydrogens is 400 g/mol. The maximum atomic E-state index is 12.3. The van der Waals surface area contributed by atoms with Gasteiger partial charge in [0.1, 0.15) is 5.01 Å². The Bertz CT molecular complexity index is 830. The van der Waals surface area contributed by atoms with Crippen molar-refractivity contribution >= 4 is 28.8 Å². The number of amides is 2. The van der Waals surface area contributed by atoms with E-state index in [0.29, 0.717) is 22.8 Å². The Balaban J connectivity index is 1.36. The highest BCUT2D eigenvalue weighted by molar-refractivity contribution is 7.13. The van der Waals surface area contributed by atoms with Crippen LogP contribution < -0.4 is 10.6 Å². The van der Waals surface area contributed by atoms with E-state index in [1.54, 1.807) is 31.2 Å². The molecule has 9 heteroatoms. The van der Waals surface area contributed by atoms with Gasteiger partial charge in [0.25, 0.3) is 11.8 Å². The van der Waals surface area contributed by atoms with Crippen LogP contribution in [0.2, 0.25) is 0 Å². The Hall–Kier alpha value is -2.36. The van der Waals surface area contributed by atoms with E-state index in [1.807, 2.05) is 0 Å². The zero-order valence-electron chi connectivity index (χ0n) is 17.7. The molecule has 0 spiro atoms. The predicted octanol–water partition coefficient (Wildman–Crippen LogP) is 2.25. The average Bonchev–Trinajstić information content (AvgIpc) is 3.19. The van der Waals surface area contributed by atoms with Gasteiger partial charge in [-0.15, -0.1) is 10.2 Å². The number of hydrogen-bond acceptors (Lipinski definition) is 7. The number of nitrogens with zero attached hydrogens (tertiary/aromatic N) is 4. The van der Waals surface area contributed by atoms with Gasteiger partial charge >= 0.3 is 0 Å². The molecule has 2 amide bonds. The first-order valence-corrected chi connectivity index (χ1v) is 11.3. The van der Waals surface area contributed by atoms with E-state index in [1.165, 1.54) is 24.3 Å². The lowest BCUT2D eigenvalue weighted by atomic mass is 10.2. The van der Waals surface area contributed by atoms with Crippen LogP contribution in [0.25, 0.3) is 0 Å². The second-order valence-corrected chi connectivity index (χ2v) is 8.63. The smallest absolute Gasteiger partial charge is 0.286 e. The molecule has 0 saturated carbocycles. The number of aromatic nitrogens is 2. The number of aryl methyl sites for hydroxylation is 1. The van der Waals surface area contributed by atoms with E-state index in [-0.39, 0.29) is 11.8 Å². The van der Waals surface area contributed by atoms with Gasteiger partial charge in [-0.2, -0.15) is 0 Å². The minimum atomic E-state index is -0.298. The first-order chi connectivity index (χ1) is 14.5. The third-order valence-corrected chi connectivity index (χ3v) is 5.90. The van der Waals surface area contributed by atoms with Crippen molar-refractivity contribution in [2.45, 2.75) is 26.7 Å². The highest BCUT2D eigenvalue weighted by Gasteiger charge is 2.16. The zero-order chi connectivity index (χ0) is 21.3. The van der Waals surface area contributed by atoms with Crippen molar-refractivity contribution in [3.63, 3.8) is 0 Å². The third-order valence-electron chi connectivity index (χ3n) is 5.07. The summed E-state index contributed by atoms with van der Waals surface area (Å²) >= 11 is 1.24. The van der Waals surface area contributed by atoms with Gasteiger partial charge in [-0.3, -0.25) is 9.59 Å². The molecule has 2 aromatic rings. The highest BCUT2D eigenvalue weighted by atomic mass is 32.1. The molecule has 30 heavy (non-hydrogen) atoms. The molecule has 0 unspecified atom stereocenters. The summed E-state index contributed by atoms with van der Waals surface area (Å²) in [6, 6.07) is 6.86. The van der Waals surface area contributed by atoms with Gasteiger partial charge in [-0.05, 0) is 57.1 Å². The number of piperazine rings is 1. The summed E-state index contributed by atoms with van der Waals surface area (Å²) in [4.78, 5) is 29.4. The minimum absolute atomic E-state index is 0.0969. The molecule has 1 aromatic heterocycles. The molecule has 0 radical (unpaired) electrons. The monoisotopic (exact) mass is 430 g/mol. The van der Waals surface area contributed by atoms with Gasteiger partial charge in [-0.25, -0.2) is 0 Å². The molecule has 0 atom stereocenters. The summed E-state index contributed by atoms with van der Waals surface area (Å²) in [6.45, 7) is 11.4. The van der Waals surface area contributed by atoms with Crippen molar-refractivity contribution in [2.24, 2.45) is 0 Å². The minimum Gasteiger partial charge on any atom is -0.352 e. The summed E-state index contributed by atoms with van der Waals surface area (Å²) < 4.78 is 0. The molecule has 1 aromatic carbocycles. The van der Waals surface area contributed by atoms with E-state index in [9.17, 15) is 9.59 Å². The number of carbonyl (C=O) groups excluding carboxylic acids is 2. The fraction of sp³-hybridized carbons (Fsp3) is 0.524. The molecule has 1 aliphatic heterocycles. The van der Waals surface area contributed by atoms with Gasteiger partial charge in [0.15, 0.2) is 0 Å². The Morgan fingerprint density at radius 3 is 2.27 bits per heavy atom. The highest BCUT2D eigenvalue weighted by Crippen LogP contribution is 2.14. The lowest BCUT2D eigenvalue weighted by Crippen LogP contribution is -2.47. The van der Waals surface area contributed by atoms with Crippen molar-refractivity contribution in [2.75, 3.05) is 51.1 Å². The largest absolute Gasteiger partial charge is 0.352 e. The summed E-state index contributed by atoms with van der Waals surface area (Å²) in [7, 11) is 0. The normalized spacial score (nSPS) is 15.1. The summed E-state index contributed by atoms with van der Waals surface area (Å²) in [5, 5.41) is 14.5. The number of carbonyl (C=O) groups is 2. The van der Waals surface area contributed by atoms with Crippen LogP contribution >= 0.6 is 11.3 Å². The Labute approximate surface area is 181 Å². The molecule has 2 heterocycles. The SMILES string of the molecule is CCCN1CCN(CCCNC(=O)c2ccc(NC(=O)c3nnc(C)s3)cc2)CC1. The second kappa shape index (κ2) is 11.1. The van der Waals surface area contributed by atoms with E-state index < -0.39 is 0 Å². The maximum Gasteiger partial charge on any atom is 0.286 e. The zero-order valence-corrected chi connectivity index (χ0v) is 18.5. The predicted molar refractivity (Wildman–Crippen MR) is 119 cm³/mol. The van der Waals surface area contributed by atoms with Crippen LogP contribution in [0.5, 0.6) is 0 Å².